The van der Waals surface area contributed by atoms with Crippen molar-refractivity contribution >= 4 is 21.8 Å². The third-order valence-electron chi connectivity index (χ3n) is 7.39. The molecule has 51 heavy (non-hydrogen) atoms. The zero-order chi connectivity index (χ0) is 34.9. The van der Waals surface area contributed by atoms with E-state index in [1.165, 1.54) is 12.7 Å². The van der Waals surface area contributed by atoms with Gasteiger partial charge in [-0.25, -0.2) is 23.7 Å². The first-order chi connectivity index (χ1) is 24.8. The van der Waals surface area contributed by atoms with Gasteiger partial charge in [-0.05, 0) is 48.5 Å². The highest BCUT2D eigenvalue weighted by Crippen LogP contribution is 2.38. The average Bonchev–Trinajstić information content (AvgIpc) is 3.41. The highest BCUT2D eigenvalue weighted by atomic mass is 19.1. The molecule has 0 atom stereocenters. The Labute approximate surface area is 285 Å². The number of hydrogen-bond donors (Lipinski definition) is 0. The van der Waals surface area contributed by atoms with E-state index >= 15 is 0 Å². The van der Waals surface area contributed by atoms with E-state index in [2.05, 4.69) is 24.9 Å². The largest absolute Gasteiger partial charge is 0.457 e. The van der Waals surface area contributed by atoms with Gasteiger partial charge in [0.1, 0.15) is 58.8 Å². The predicted octanol–water partition coefficient (Wildman–Crippen LogP) is 9.48. The Morgan fingerprint density at radius 2 is 0.882 bits per heavy atom. The Kier molecular flexibility index (Phi) is 8.00. The molecule has 0 unspecified atom stereocenters. The van der Waals surface area contributed by atoms with Crippen LogP contribution in [0.2, 0.25) is 0 Å². The summed E-state index contributed by atoms with van der Waals surface area (Å²) in [5, 5.41) is 1.73. The molecule has 250 valence electrons. The van der Waals surface area contributed by atoms with Crippen molar-refractivity contribution in [1.29, 1.82) is 0 Å². The first kappa shape index (κ1) is 31.2. The molecule has 0 aliphatic rings. The normalized spacial score (nSPS) is 11.1. The Hall–Kier alpha value is -7.09. The van der Waals surface area contributed by atoms with Crippen molar-refractivity contribution in [3.63, 3.8) is 0 Å². The van der Waals surface area contributed by atoms with Crippen molar-refractivity contribution < 1.29 is 36.5 Å². The number of benzene rings is 4. The topological polar surface area (TPSA) is 106 Å². The van der Waals surface area contributed by atoms with E-state index in [4.69, 9.17) is 18.9 Å². The number of fused-ring (bicyclic) bond motifs is 3. The molecule has 0 aliphatic heterocycles. The van der Waals surface area contributed by atoms with Gasteiger partial charge >= 0.3 is 0 Å². The van der Waals surface area contributed by atoms with Crippen molar-refractivity contribution in [3.8, 4) is 52.2 Å². The molecule has 0 N–H and O–H groups in total. The zero-order valence-corrected chi connectivity index (χ0v) is 25.9. The molecule has 4 aromatic carbocycles. The van der Waals surface area contributed by atoms with Gasteiger partial charge in [-0.1, -0.05) is 12.1 Å². The molecule has 0 radical (unpaired) electrons. The van der Waals surface area contributed by atoms with Crippen LogP contribution in [0.1, 0.15) is 0 Å². The van der Waals surface area contributed by atoms with Crippen LogP contribution in [0, 0.1) is 23.5 Å². The summed E-state index contributed by atoms with van der Waals surface area (Å²) in [5.41, 5.74) is 1.42. The smallest absolute Gasteiger partial charge is 0.237 e. The SMILES string of the molecule is Fc1cc(F)nc(Oc2cccc(Oc3ccc4c5ccc(Oc6cccc(Oc7cc(F)cc(F)n7)c6)cc5n(-c5ncncn5)c4c3)c2)c1. The maximum absolute atomic E-state index is 13.6. The highest BCUT2D eigenvalue weighted by molar-refractivity contribution is 6.09. The number of hydrogen-bond acceptors (Lipinski definition) is 9. The minimum absolute atomic E-state index is 0.241. The Balaban J connectivity index is 1.11. The number of aromatic nitrogens is 6. The number of ether oxygens (including phenoxy) is 4. The molecule has 8 rings (SSSR count). The minimum atomic E-state index is -1.00. The third kappa shape index (κ3) is 6.78. The van der Waals surface area contributed by atoms with Gasteiger partial charge in [0.05, 0.1) is 11.0 Å². The third-order valence-corrected chi connectivity index (χ3v) is 7.39. The molecule has 14 heteroatoms. The fourth-order valence-corrected chi connectivity index (χ4v) is 5.38. The lowest BCUT2D eigenvalue weighted by Gasteiger charge is -2.10. The van der Waals surface area contributed by atoms with Crippen molar-refractivity contribution in [1.82, 2.24) is 29.5 Å². The van der Waals surface area contributed by atoms with E-state index in [0.717, 1.165) is 22.9 Å². The van der Waals surface area contributed by atoms with Crippen molar-refractivity contribution in [2.24, 2.45) is 0 Å². The summed E-state index contributed by atoms with van der Waals surface area (Å²) in [5.74, 6) is -1.54. The van der Waals surface area contributed by atoms with E-state index < -0.39 is 23.5 Å². The summed E-state index contributed by atoms with van der Waals surface area (Å²) in [6.45, 7) is 0. The van der Waals surface area contributed by atoms with Crippen LogP contribution >= 0.6 is 0 Å². The molecule has 0 spiro atoms. The second kappa shape index (κ2) is 13.1. The van der Waals surface area contributed by atoms with Crippen LogP contribution in [0.15, 0.2) is 122 Å². The van der Waals surface area contributed by atoms with Crippen LogP contribution in [0.5, 0.6) is 46.3 Å². The Bertz CT molecular complexity index is 2370. The molecule has 0 amide bonds. The molecule has 4 heterocycles. The minimum Gasteiger partial charge on any atom is -0.457 e. The van der Waals surface area contributed by atoms with Gasteiger partial charge in [0.25, 0.3) is 0 Å². The molecule has 0 saturated carbocycles. The second-order valence-corrected chi connectivity index (χ2v) is 10.9. The van der Waals surface area contributed by atoms with Crippen LogP contribution in [0.25, 0.3) is 27.8 Å². The molecule has 0 aliphatic carbocycles. The Morgan fingerprint density at radius 1 is 0.451 bits per heavy atom. The first-order valence-corrected chi connectivity index (χ1v) is 15.1. The maximum atomic E-state index is 13.6. The fraction of sp³-hybridized carbons (Fsp3) is 0. The van der Waals surface area contributed by atoms with Gasteiger partial charge in [-0.15, -0.1) is 0 Å². The average molecular weight is 689 g/mol. The summed E-state index contributed by atoms with van der Waals surface area (Å²) >= 11 is 0. The van der Waals surface area contributed by atoms with E-state index in [1.54, 1.807) is 60.7 Å². The van der Waals surface area contributed by atoms with Crippen LogP contribution in [0.4, 0.5) is 17.6 Å². The molecule has 0 saturated heterocycles. The lowest BCUT2D eigenvalue weighted by atomic mass is 10.1. The summed E-state index contributed by atoms with van der Waals surface area (Å²) in [4.78, 5) is 19.8. The predicted molar refractivity (Wildman–Crippen MR) is 176 cm³/mol. The zero-order valence-electron chi connectivity index (χ0n) is 25.9. The van der Waals surface area contributed by atoms with Gasteiger partial charge in [0, 0.05) is 59.3 Å². The quantitative estimate of drug-likeness (QED) is 0.108. The number of halogens is 4. The molecule has 4 aromatic heterocycles. The van der Waals surface area contributed by atoms with Gasteiger partial charge in [0.2, 0.25) is 29.6 Å². The number of pyridine rings is 2. The van der Waals surface area contributed by atoms with Gasteiger partial charge < -0.3 is 18.9 Å². The first-order valence-electron chi connectivity index (χ1n) is 15.1. The van der Waals surface area contributed by atoms with Crippen molar-refractivity contribution in [2.75, 3.05) is 0 Å². The van der Waals surface area contributed by atoms with Gasteiger partial charge in [-0.2, -0.15) is 18.7 Å². The van der Waals surface area contributed by atoms with Crippen molar-refractivity contribution in [2.45, 2.75) is 0 Å². The molecule has 0 fully saturated rings. The summed E-state index contributed by atoms with van der Waals surface area (Å²) in [7, 11) is 0. The van der Waals surface area contributed by atoms with E-state index in [0.29, 0.717) is 52.1 Å². The maximum Gasteiger partial charge on any atom is 0.237 e. The second-order valence-electron chi connectivity index (χ2n) is 10.9. The van der Waals surface area contributed by atoms with E-state index in [1.807, 2.05) is 28.8 Å². The lowest BCUT2D eigenvalue weighted by molar-refractivity contribution is 0.428. The number of nitrogens with zero attached hydrogens (tertiary/aromatic N) is 6. The summed E-state index contributed by atoms with van der Waals surface area (Å²) in [6.07, 6.45) is 2.77. The van der Waals surface area contributed by atoms with Crippen LogP contribution in [0.3, 0.4) is 0 Å². The molecular formula is C37H20F4N6O4. The number of rotatable bonds is 9. The molecular weight excluding hydrogens is 668 g/mol. The Morgan fingerprint density at radius 3 is 1.33 bits per heavy atom. The lowest BCUT2D eigenvalue weighted by Crippen LogP contribution is -2.01. The molecule has 10 nitrogen and oxygen atoms in total. The van der Waals surface area contributed by atoms with Crippen molar-refractivity contribution in [3.05, 3.63) is 145 Å². The van der Waals surface area contributed by atoms with Crippen LogP contribution in [-0.4, -0.2) is 29.5 Å². The fourth-order valence-electron chi connectivity index (χ4n) is 5.38. The molecule has 8 aromatic rings. The molecule has 0 bridgehead atoms. The summed E-state index contributed by atoms with van der Waals surface area (Å²) < 4.78 is 79.7. The standard InChI is InChI=1S/C37H20F4N6O4/c38-21-11-33(40)45-35(13-21)50-25-5-1-3-23(15-25)48-27-7-9-29-30-10-8-28(18-32(30)47(31(29)17-27)37-43-19-42-20-44-37)49-24-4-2-6-26(16-24)51-36-14-22(39)12-34(41)46-36/h1-20H. The monoisotopic (exact) mass is 688 g/mol. The van der Waals surface area contributed by atoms with Gasteiger partial charge in [-0.3, -0.25) is 4.57 Å². The van der Waals surface area contributed by atoms with E-state index in [-0.39, 0.29) is 23.3 Å². The van der Waals surface area contributed by atoms with E-state index in [9.17, 15) is 17.6 Å². The highest BCUT2D eigenvalue weighted by Gasteiger charge is 2.17. The van der Waals surface area contributed by atoms with Crippen LogP contribution in [-0.2, 0) is 0 Å². The van der Waals surface area contributed by atoms with Gasteiger partial charge in [0.15, 0.2) is 0 Å². The summed E-state index contributed by atoms with van der Waals surface area (Å²) in [6, 6.07) is 27.4. The van der Waals surface area contributed by atoms with Crippen LogP contribution < -0.4 is 18.9 Å².